The second-order valence-corrected chi connectivity index (χ2v) is 53.8. The molecule has 0 N–H and O–H groups in total. The minimum Gasteiger partial charge on any atom is -0.310 e. The van der Waals surface area contributed by atoms with Crippen LogP contribution in [0, 0.1) is 0 Å². The molecule has 0 bridgehead atoms. The van der Waals surface area contributed by atoms with E-state index in [9.17, 15) is 0 Å². The number of rotatable bonds is 8. The number of fused-ring (bicyclic) bond motifs is 10. The van der Waals surface area contributed by atoms with Gasteiger partial charge in [0.25, 0.3) is 6.71 Å². The van der Waals surface area contributed by atoms with Gasteiger partial charge < -0.3 is 18.9 Å². The SMILES string of the molecule is CC(C)(C)c1ccc(-c2cc(C(C)(C)C)cc(-c3ccc(C(C)(C)C)cc3C(C)(C)C)c2N2c3cc(-n4c5ccc(C(C)(C)C)cc5c5cc(C(C)(C)C)ccc54)ccc3B3c4ccc(-n5c6ccc(C(C)(C)C)cc6c6cc(C(C)(C)C)ccc65)cc4N(c4c(-c5ccc(C(C)(C)C)cc5)cc(C(C)(C)C)cc4-c4c(C(C)(C)C)cccc4C(C)(C)C)c4cc(C(C)(C)C)cc2c43)cc1. The van der Waals surface area contributed by atoms with Crippen molar-refractivity contribution in [1.82, 2.24) is 9.13 Å². The highest BCUT2D eigenvalue weighted by atomic mass is 15.2. The second kappa shape index (κ2) is 31.8. The van der Waals surface area contributed by atoms with Crippen molar-refractivity contribution < 1.29 is 0 Å². The summed E-state index contributed by atoms with van der Waals surface area (Å²) in [7, 11) is 0. The molecular formula is C130H155BN4. The first kappa shape index (κ1) is 95.8. The minimum absolute atomic E-state index is 0.0922. The van der Waals surface area contributed by atoms with Crippen LogP contribution in [0.2, 0.25) is 0 Å². The van der Waals surface area contributed by atoms with Crippen molar-refractivity contribution in [3.05, 3.63) is 303 Å². The smallest absolute Gasteiger partial charge is 0.252 e. The normalized spacial score (nSPS) is 14.1. The number of anilines is 6. The van der Waals surface area contributed by atoms with Gasteiger partial charge in [-0.25, -0.2) is 0 Å². The standard InChI is InChI=1S/C130H155BN4/c1-118(2,3)80-47-43-78(44-48-80)93-69-87(125(22,23)24)71-99(92-58-51-86(124(19,20)21)73-103(92)130(37,38)39)116(93)134-110-76-90(132-106-61-52-82(120(7,8)9)65-95(106)96-66-83(121(10,11)12)53-62-107(96)132)56-59-104(110)131-105-60-57-91(133-108-63-54-84(122(13,14)15)67-97(108)98-68-85(123(16,17)18)55-64-109(98)133)77-111(105)135(113-75-89(127(28,29)30)74-112(134)115(113)131)117-94(79-45-49-81(50-46-79)119(4,5)6)70-88(126(25,26)27)72-100(117)114-101(128(31,32)33)41-40-42-102(114)129(34,35)36/h40-77H,1-39H3. The summed E-state index contributed by atoms with van der Waals surface area (Å²) in [5.74, 6) is 0. The van der Waals surface area contributed by atoms with E-state index < -0.39 is 5.41 Å². The van der Waals surface area contributed by atoms with Gasteiger partial charge in [0.1, 0.15) is 0 Å². The molecule has 17 rings (SSSR count). The maximum absolute atomic E-state index is 2.87. The molecule has 0 atom stereocenters. The Balaban J connectivity index is 1.14. The van der Waals surface area contributed by atoms with Gasteiger partial charge in [0, 0.05) is 77.9 Å². The number of aromatic nitrogens is 2. The van der Waals surface area contributed by atoms with Crippen molar-refractivity contribution in [2.24, 2.45) is 0 Å². The largest absolute Gasteiger partial charge is 0.310 e. The van der Waals surface area contributed by atoms with Gasteiger partial charge in [-0.3, -0.25) is 0 Å². The van der Waals surface area contributed by atoms with Gasteiger partial charge in [-0.1, -0.05) is 391 Å². The summed E-state index contributed by atoms with van der Waals surface area (Å²) in [6.45, 7) is 93.2. The van der Waals surface area contributed by atoms with Crippen molar-refractivity contribution >= 4 is 101 Å². The van der Waals surface area contributed by atoms with E-state index in [0.717, 1.165) is 34.1 Å². The second-order valence-electron chi connectivity index (χ2n) is 53.8. The lowest BCUT2D eigenvalue weighted by atomic mass is 9.33. The molecule has 2 aromatic heterocycles. The van der Waals surface area contributed by atoms with E-state index in [1.165, 1.54) is 188 Å². The lowest BCUT2D eigenvalue weighted by Crippen LogP contribution is -2.61. The van der Waals surface area contributed by atoms with Gasteiger partial charge >= 0.3 is 0 Å². The Morgan fingerprint density at radius 3 is 0.778 bits per heavy atom. The fourth-order valence-corrected chi connectivity index (χ4v) is 21.3. The van der Waals surface area contributed by atoms with E-state index in [0.29, 0.717) is 0 Å². The van der Waals surface area contributed by atoms with Gasteiger partial charge in [-0.15, -0.1) is 0 Å². The molecular weight excluding hydrogens is 1630 g/mol. The van der Waals surface area contributed by atoms with Crippen LogP contribution in [0.1, 0.15) is 342 Å². The Bertz CT molecular complexity index is 7090. The summed E-state index contributed by atoms with van der Waals surface area (Å²) in [6.07, 6.45) is 0. The molecule has 0 saturated heterocycles. The Labute approximate surface area is 813 Å². The van der Waals surface area contributed by atoms with Crippen LogP contribution < -0.4 is 26.2 Å². The van der Waals surface area contributed by atoms with Crippen molar-refractivity contribution in [3.8, 4) is 55.9 Å². The van der Waals surface area contributed by atoms with Crippen molar-refractivity contribution in [2.75, 3.05) is 9.80 Å². The Kier molecular flexibility index (Phi) is 22.6. The fourth-order valence-electron chi connectivity index (χ4n) is 21.3. The minimum atomic E-state index is -0.417. The Morgan fingerprint density at radius 2 is 0.467 bits per heavy atom. The average molecular weight is 1780 g/mol. The van der Waals surface area contributed by atoms with Crippen molar-refractivity contribution in [1.29, 1.82) is 0 Å². The third kappa shape index (κ3) is 17.2. The van der Waals surface area contributed by atoms with Gasteiger partial charge in [-0.2, -0.15) is 0 Å². The number of hydrogen-bond acceptors (Lipinski definition) is 2. The Morgan fingerprint density at radius 1 is 0.193 bits per heavy atom. The van der Waals surface area contributed by atoms with Crippen LogP contribution in [0.25, 0.3) is 99.5 Å². The summed E-state index contributed by atoms with van der Waals surface area (Å²) in [5, 5.41) is 5.06. The molecule has 135 heavy (non-hydrogen) atoms. The molecule has 2 aliphatic rings. The zero-order valence-electron chi connectivity index (χ0n) is 89.8. The van der Waals surface area contributed by atoms with Gasteiger partial charge in [-0.05, 0) is 291 Å². The van der Waals surface area contributed by atoms with Crippen LogP contribution in [0.4, 0.5) is 34.1 Å². The lowest BCUT2D eigenvalue weighted by Gasteiger charge is -2.47. The van der Waals surface area contributed by atoms with Crippen molar-refractivity contribution in [3.63, 3.8) is 0 Å². The predicted octanol–water partition coefficient (Wildman–Crippen LogP) is 35.5. The molecule has 698 valence electrons. The zero-order valence-corrected chi connectivity index (χ0v) is 89.8. The molecule has 0 unspecified atom stereocenters. The monoisotopic (exact) mass is 1780 g/mol. The lowest BCUT2D eigenvalue weighted by molar-refractivity contribution is 0.569. The van der Waals surface area contributed by atoms with E-state index in [4.69, 9.17) is 0 Å². The maximum Gasteiger partial charge on any atom is 0.252 e. The fraction of sp³-hybridized carbons (Fsp3) is 0.400. The molecule has 2 aliphatic heterocycles. The van der Waals surface area contributed by atoms with E-state index in [2.05, 4.69) is 519 Å². The van der Waals surface area contributed by atoms with Crippen LogP contribution in [0.5, 0.6) is 0 Å². The molecule has 15 aromatic rings. The van der Waals surface area contributed by atoms with Gasteiger partial charge in [0.2, 0.25) is 0 Å². The quantitative estimate of drug-likeness (QED) is 0.141. The maximum atomic E-state index is 2.87. The molecule has 4 nitrogen and oxygen atoms in total. The predicted molar refractivity (Wildman–Crippen MR) is 594 cm³/mol. The molecule has 0 fully saturated rings. The topological polar surface area (TPSA) is 16.3 Å². The van der Waals surface area contributed by atoms with E-state index >= 15 is 0 Å². The van der Waals surface area contributed by atoms with Crippen LogP contribution in [0.15, 0.2) is 231 Å². The third-order valence-corrected chi connectivity index (χ3v) is 29.9. The van der Waals surface area contributed by atoms with Gasteiger partial charge in [0.15, 0.2) is 0 Å². The summed E-state index contributed by atoms with van der Waals surface area (Å²) in [6, 6.07) is 95.2. The van der Waals surface area contributed by atoms with Crippen LogP contribution in [-0.2, 0) is 70.4 Å². The molecule has 0 aliphatic carbocycles. The van der Waals surface area contributed by atoms with Crippen LogP contribution in [0.3, 0.4) is 0 Å². The number of hydrogen-bond donors (Lipinski definition) is 0. The molecule has 0 saturated carbocycles. The summed E-state index contributed by atoms with van der Waals surface area (Å²) in [5.41, 5.74) is 41.8. The highest BCUT2D eigenvalue weighted by Crippen LogP contribution is 2.59. The molecule has 0 radical (unpaired) electrons. The van der Waals surface area contributed by atoms with Crippen LogP contribution >= 0.6 is 0 Å². The van der Waals surface area contributed by atoms with E-state index in [1.54, 1.807) is 0 Å². The van der Waals surface area contributed by atoms with E-state index in [1.807, 2.05) is 0 Å². The average Bonchev–Trinajstić information content (AvgIpc) is 0.749. The van der Waals surface area contributed by atoms with Crippen LogP contribution in [-0.4, -0.2) is 15.8 Å². The number of benzene rings is 13. The van der Waals surface area contributed by atoms with Crippen molar-refractivity contribution in [2.45, 2.75) is 340 Å². The summed E-state index contributed by atoms with van der Waals surface area (Å²) in [4.78, 5) is 5.74. The molecule has 0 spiro atoms. The molecule has 13 aromatic carbocycles. The number of nitrogens with zero attached hydrogens (tertiary/aromatic N) is 4. The summed E-state index contributed by atoms with van der Waals surface area (Å²) < 4.78 is 5.24. The zero-order chi connectivity index (χ0) is 98.4. The highest BCUT2D eigenvalue weighted by molar-refractivity contribution is 7.00. The molecule has 5 heteroatoms. The van der Waals surface area contributed by atoms with E-state index in [-0.39, 0.29) is 71.7 Å². The van der Waals surface area contributed by atoms with Gasteiger partial charge in [0.05, 0.1) is 33.4 Å². The molecule has 4 heterocycles. The molecule has 0 amide bonds. The first-order valence-electron chi connectivity index (χ1n) is 50.3. The first-order chi connectivity index (χ1) is 62.2. The first-order valence-corrected chi connectivity index (χ1v) is 50.3. The highest BCUT2D eigenvalue weighted by Gasteiger charge is 2.48. The summed E-state index contributed by atoms with van der Waals surface area (Å²) >= 11 is 0. The Hall–Kier alpha value is -10.9. The third-order valence-electron chi connectivity index (χ3n) is 29.9.